The van der Waals surface area contributed by atoms with Crippen LogP contribution in [0.15, 0.2) is 30.3 Å². The second kappa shape index (κ2) is 6.38. The highest BCUT2D eigenvalue weighted by Crippen LogP contribution is 2.11. The molecule has 0 saturated carbocycles. The van der Waals surface area contributed by atoms with Crippen LogP contribution in [0.25, 0.3) is 0 Å². The molecule has 0 radical (unpaired) electrons. The van der Waals surface area contributed by atoms with E-state index in [1.807, 2.05) is 18.2 Å². The molecule has 1 rings (SSSR count). The van der Waals surface area contributed by atoms with Crippen LogP contribution < -0.4 is 5.32 Å². The molecule has 3 heteroatoms. The van der Waals surface area contributed by atoms with Crippen molar-refractivity contribution in [2.45, 2.75) is 32.7 Å². The summed E-state index contributed by atoms with van der Waals surface area (Å²) in [5.41, 5.74) is 1.20. The maximum absolute atomic E-state index is 10.8. The Morgan fingerprint density at radius 2 is 1.94 bits per heavy atom. The molecule has 0 fully saturated rings. The molecular formula is C13H17NOS. The van der Waals surface area contributed by atoms with Crippen LogP contribution in [0.1, 0.15) is 38.3 Å². The fraction of sp³-hybridized carbons (Fsp3) is 0.385. The molecule has 0 aromatic heterocycles. The van der Waals surface area contributed by atoms with Crippen molar-refractivity contribution in [2.75, 3.05) is 0 Å². The lowest BCUT2D eigenvalue weighted by atomic mass is 10.1. The minimum atomic E-state index is 0.177. The Balaban J connectivity index is 2.43. The Morgan fingerprint density at radius 1 is 1.31 bits per heavy atom. The van der Waals surface area contributed by atoms with Gasteiger partial charge in [-0.05, 0) is 19.4 Å². The summed E-state index contributed by atoms with van der Waals surface area (Å²) in [5.74, 6) is 0.177. The van der Waals surface area contributed by atoms with Crippen molar-refractivity contribution in [2.24, 2.45) is 0 Å². The van der Waals surface area contributed by atoms with Crippen LogP contribution in [-0.4, -0.2) is 10.8 Å². The molecule has 0 unspecified atom stereocenters. The zero-order valence-electron chi connectivity index (χ0n) is 9.69. The molecule has 1 N–H and O–H groups in total. The number of nitrogens with one attached hydrogen (secondary N) is 1. The van der Waals surface area contributed by atoms with Gasteiger partial charge in [-0.3, -0.25) is 0 Å². The van der Waals surface area contributed by atoms with E-state index < -0.39 is 0 Å². The average Bonchev–Trinajstić information content (AvgIpc) is 2.27. The summed E-state index contributed by atoms with van der Waals surface area (Å²) in [6.45, 7) is 3.65. The van der Waals surface area contributed by atoms with Crippen molar-refractivity contribution in [3.63, 3.8) is 0 Å². The third-order valence-electron chi connectivity index (χ3n) is 2.38. The second-order valence-corrected chi connectivity index (χ2v) is 4.39. The number of carbonyl (C=O) groups excluding carboxylic acids is 1. The van der Waals surface area contributed by atoms with Gasteiger partial charge < -0.3 is 10.1 Å². The molecule has 1 aromatic rings. The molecule has 0 aliphatic heterocycles. The van der Waals surface area contributed by atoms with E-state index in [-0.39, 0.29) is 11.8 Å². The summed E-state index contributed by atoms with van der Waals surface area (Å²) in [6.07, 6.45) is 1.16. The lowest BCUT2D eigenvalue weighted by Crippen LogP contribution is -2.25. The molecule has 1 atom stereocenters. The van der Waals surface area contributed by atoms with Gasteiger partial charge in [0.05, 0.1) is 4.99 Å². The van der Waals surface area contributed by atoms with Gasteiger partial charge >= 0.3 is 0 Å². The number of carbonyl (C=O) groups is 1. The molecule has 0 spiro atoms. The van der Waals surface area contributed by atoms with Crippen molar-refractivity contribution in [3.8, 4) is 0 Å². The van der Waals surface area contributed by atoms with Crippen molar-refractivity contribution >= 4 is 23.0 Å². The van der Waals surface area contributed by atoms with E-state index in [9.17, 15) is 4.79 Å². The first-order valence-corrected chi connectivity index (χ1v) is 5.84. The van der Waals surface area contributed by atoms with Gasteiger partial charge in [0.25, 0.3) is 0 Å². The van der Waals surface area contributed by atoms with E-state index in [0.717, 1.165) is 4.99 Å². The molecule has 0 aliphatic carbocycles. The summed E-state index contributed by atoms with van der Waals surface area (Å²) in [7, 11) is 0. The first kappa shape index (κ1) is 12.8. The Hall–Kier alpha value is -1.22. The molecular weight excluding hydrogens is 218 g/mol. The van der Waals surface area contributed by atoms with Crippen LogP contribution in [0, 0.1) is 0 Å². The summed E-state index contributed by atoms with van der Waals surface area (Å²) >= 11 is 5.19. The Bertz CT molecular complexity index is 361. The summed E-state index contributed by atoms with van der Waals surface area (Å²) in [5, 5.41) is 3.23. The number of rotatable bonds is 5. The summed E-state index contributed by atoms with van der Waals surface area (Å²) in [6, 6.07) is 10.3. The van der Waals surface area contributed by atoms with Gasteiger partial charge in [0.1, 0.15) is 5.78 Å². The minimum absolute atomic E-state index is 0.177. The summed E-state index contributed by atoms with van der Waals surface area (Å²) < 4.78 is 0. The van der Waals surface area contributed by atoms with E-state index in [1.165, 1.54) is 5.56 Å². The quantitative estimate of drug-likeness (QED) is 0.795. The number of benzene rings is 1. The summed E-state index contributed by atoms with van der Waals surface area (Å²) in [4.78, 5) is 11.6. The Labute approximate surface area is 102 Å². The van der Waals surface area contributed by atoms with E-state index in [2.05, 4.69) is 24.4 Å². The number of hydrogen-bond acceptors (Lipinski definition) is 2. The van der Waals surface area contributed by atoms with Gasteiger partial charge in [-0.25, -0.2) is 0 Å². The van der Waals surface area contributed by atoms with Crippen molar-refractivity contribution in [3.05, 3.63) is 35.9 Å². The Kier molecular flexibility index (Phi) is 5.12. The van der Waals surface area contributed by atoms with Gasteiger partial charge in [-0.15, -0.1) is 0 Å². The van der Waals surface area contributed by atoms with E-state index in [1.54, 1.807) is 6.92 Å². The van der Waals surface area contributed by atoms with Crippen molar-refractivity contribution < 1.29 is 4.79 Å². The lowest BCUT2D eigenvalue weighted by Gasteiger charge is -2.15. The number of thiocarbonyl (C=S) groups is 1. The molecule has 2 nitrogen and oxygen atoms in total. The van der Waals surface area contributed by atoms with Gasteiger partial charge in [-0.1, -0.05) is 42.5 Å². The monoisotopic (exact) mass is 235 g/mol. The van der Waals surface area contributed by atoms with E-state index in [0.29, 0.717) is 12.8 Å². The van der Waals surface area contributed by atoms with Crippen LogP contribution in [0.5, 0.6) is 0 Å². The van der Waals surface area contributed by atoms with E-state index >= 15 is 0 Å². The standard InChI is InChI=1S/C13H17NOS/c1-10(15)8-9-13(16)14-11(2)12-6-4-3-5-7-12/h3-7,11H,8-9H2,1-2H3,(H,14,16)/t11-/m1/s1. The van der Waals surface area contributed by atoms with Crippen molar-refractivity contribution in [1.29, 1.82) is 0 Å². The minimum Gasteiger partial charge on any atom is -0.373 e. The van der Waals surface area contributed by atoms with Crippen LogP contribution in [0.4, 0.5) is 0 Å². The topological polar surface area (TPSA) is 29.1 Å². The SMILES string of the molecule is CC(=O)CCC(=S)N[C@H](C)c1ccccc1. The third-order valence-corrected chi connectivity index (χ3v) is 2.70. The highest BCUT2D eigenvalue weighted by Gasteiger charge is 2.06. The van der Waals surface area contributed by atoms with Gasteiger partial charge in [0.15, 0.2) is 0 Å². The molecule has 0 aliphatic rings. The lowest BCUT2D eigenvalue weighted by molar-refractivity contribution is -0.116. The average molecular weight is 235 g/mol. The number of hydrogen-bond donors (Lipinski definition) is 1. The number of Topliss-reactive ketones (excluding diaryl/α,β-unsaturated/α-hetero) is 1. The molecule has 0 saturated heterocycles. The largest absolute Gasteiger partial charge is 0.373 e. The van der Waals surface area contributed by atoms with Gasteiger partial charge in [-0.2, -0.15) is 0 Å². The van der Waals surface area contributed by atoms with Crippen LogP contribution in [0.3, 0.4) is 0 Å². The van der Waals surface area contributed by atoms with E-state index in [4.69, 9.17) is 12.2 Å². The van der Waals surface area contributed by atoms with Crippen LogP contribution in [-0.2, 0) is 4.79 Å². The maximum atomic E-state index is 10.8. The van der Waals surface area contributed by atoms with Crippen molar-refractivity contribution in [1.82, 2.24) is 5.32 Å². The van der Waals surface area contributed by atoms with Crippen LogP contribution in [0.2, 0.25) is 0 Å². The highest BCUT2D eigenvalue weighted by atomic mass is 32.1. The molecule has 86 valence electrons. The fourth-order valence-electron chi connectivity index (χ4n) is 1.43. The maximum Gasteiger partial charge on any atom is 0.130 e. The fourth-order valence-corrected chi connectivity index (χ4v) is 1.71. The predicted octanol–water partition coefficient (Wildman–Crippen LogP) is 3.03. The first-order chi connectivity index (χ1) is 7.59. The zero-order chi connectivity index (χ0) is 12.0. The van der Waals surface area contributed by atoms with Gasteiger partial charge in [0.2, 0.25) is 0 Å². The molecule has 16 heavy (non-hydrogen) atoms. The normalized spacial score (nSPS) is 11.9. The number of ketones is 1. The molecule has 1 aromatic carbocycles. The highest BCUT2D eigenvalue weighted by molar-refractivity contribution is 7.80. The molecule has 0 bridgehead atoms. The first-order valence-electron chi connectivity index (χ1n) is 5.43. The molecule has 0 heterocycles. The predicted molar refractivity (Wildman–Crippen MR) is 70.5 cm³/mol. The smallest absolute Gasteiger partial charge is 0.130 e. The molecule has 0 amide bonds. The second-order valence-electron chi connectivity index (χ2n) is 3.90. The Morgan fingerprint density at radius 3 is 2.50 bits per heavy atom. The van der Waals surface area contributed by atoms with Crippen LogP contribution >= 0.6 is 12.2 Å². The van der Waals surface area contributed by atoms with Gasteiger partial charge in [0, 0.05) is 18.9 Å². The zero-order valence-corrected chi connectivity index (χ0v) is 10.5. The third kappa shape index (κ3) is 4.53.